The predicted octanol–water partition coefficient (Wildman–Crippen LogP) is 4.31. The Morgan fingerprint density at radius 1 is 1.24 bits per heavy atom. The number of halogens is 1. The van der Waals surface area contributed by atoms with E-state index in [0.717, 1.165) is 49.7 Å². The number of aliphatic imine (C=N–C) groups is 1. The lowest BCUT2D eigenvalue weighted by atomic mass is 9.96. The Balaban J connectivity index is 0.00000544. The van der Waals surface area contributed by atoms with Crippen LogP contribution in [0.1, 0.15) is 53.0 Å². The maximum Gasteiger partial charge on any atom is 0.410 e. The van der Waals surface area contributed by atoms with E-state index in [1.165, 1.54) is 6.92 Å². The molecule has 9 heteroatoms. The summed E-state index contributed by atoms with van der Waals surface area (Å²) in [6, 6.07) is 7.79. The number of carbonyl (C=O) groups is 2. The van der Waals surface area contributed by atoms with Crippen molar-refractivity contribution in [3.63, 3.8) is 0 Å². The van der Waals surface area contributed by atoms with Gasteiger partial charge in [0.05, 0.1) is 0 Å². The number of likely N-dealkylation sites (tertiary alicyclic amines) is 1. The average molecular weight is 574 g/mol. The minimum absolute atomic E-state index is 0. The molecule has 1 aromatic rings. The van der Waals surface area contributed by atoms with E-state index in [-0.39, 0.29) is 36.0 Å². The van der Waals surface area contributed by atoms with Crippen LogP contribution in [0.25, 0.3) is 0 Å². The number of piperidine rings is 1. The van der Waals surface area contributed by atoms with Gasteiger partial charge in [0.25, 0.3) is 0 Å². The summed E-state index contributed by atoms with van der Waals surface area (Å²) < 4.78 is 5.54. The van der Waals surface area contributed by atoms with Gasteiger partial charge >= 0.3 is 6.09 Å². The largest absolute Gasteiger partial charge is 0.444 e. The molecule has 2 amide bonds. The molecule has 186 valence electrons. The molecule has 2 N–H and O–H groups in total. The van der Waals surface area contributed by atoms with Crippen molar-refractivity contribution in [3.8, 4) is 0 Å². The van der Waals surface area contributed by atoms with E-state index in [4.69, 9.17) is 4.74 Å². The molecule has 1 aliphatic rings. The quantitative estimate of drug-likeness (QED) is 0.301. The van der Waals surface area contributed by atoms with Crippen molar-refractivity contribution in [1.82, 2.24) is 15.1 Å². The van der Waals surface area contributed by atoms with Gasteiger partial charge < -0.3 is 25.2 Å². The van der Waals surface area contributed by atoms with Crippen LogP contribution in [-0.4, -0.2) is 66.6 Å². The molecular weight excluding hydrogens is 533 g/mol. The van der Waals surface area contributed by atoms with Crippen LogP contribution < -0.4 is 10.6 Å². The second kappa shape index (κ2) is 13.6. The summed E-state index contributed by atoms with van der Waals surface area (Å²) in [7, 11) is 1.80. The summed E-state index contributed by atoms with van der Waals surface area (Å²) in [5, 5.41) is 6.24. The maximum atomic E-state index is 12.4. The van der Waals surface area contributed by atoms with Crippen LogP contribution in [0.2, 0.25) is 0 Å². The minimum Gasteiger partial charge on any atom is -0.444 e. The molecule has 0 atom stereocenters. The Morgan fingerprint density at radius 3 is 2.45 bits per heavy atom. The van der Waals surface area contributed by atoms with Crippen LogP contribution in [-0.2, 0) is 16.1 Å². The molecule has 0 aliphatic carbocycles. The van der Waals surface area contributed by atoms with E-state index in [1.54, 1.807) is 11.9 Å². The Bertz CT molecular complexity index is 802. The molecule has 1 heterocycles. The summed E-state index contributed by atoms with van der Waals surface area (Å²) in [6.45, 7) is 13.0. The third-order valence-corrected chi connectivity index (χ3v) is 5.34. The summed E-state index contributed by atoms with van der Waals surface area (Å²) in [5.74, 6) is 1.24. The van der Waals surface area contributed by atoms with Crippen molar-refractivity contribution in [2.24, 2.45) is 10.9 Å². The fraction of sp³-hybridized carbons (Fsp3) is 0.625. The van der Waals surface area contributed by atoms with E-state index in [9.17, 15) is 9.59 Å². The molecule has 0 aromatic heterocycles. The number of benzene rings is 1. The fourth-order valence-electron chi connectivity index (χ4n) is 3.77. The standard InChI is InChI=1S/C24H39N5O3.HI/c1-7-28(23(31)32-24(3,4)5)17-19-11-13-29(14-12-19)22(25-6)26-16-20-9-8-10-21(15-20)27-18(2)30;/h8-10,15,19H,7,11-14,16-17H2,1-6H3,(H,25,26)(H,27,30);1H. The topological polar surface area (TPSA) is 86.3 Å². The van der Waals surface area contributed by atoms with Gasteiger partial charge in [-0.25, -0.2) is 4.79 Å². The van der Waals surface area contributed by atoms with Gasteiger partial charge in [-0.15, -0.1) is 24.0 Å². The number of ether oxygens (including phenoxy) is 1. The summed E-state index contributed by atoms with van der Waals surface area (Å²) >= 11 is 0. The highest BCUT2D eigenvalue weighted by atomic mass is 127. The van der Waals surface area contributed by atoms with Gasteiger partial charge in [0.2, 0.25) is 5.91 Å². The molecule has 0 radical (unpaired) electrons. The normalized spacial score (nSPS) is 14.8. The van der Waals surface area contributed by atoms with Crippen LogP contribution in [0.4, 0.5) is 10.5 Å². The molecule has 1 aliphatic heterocycles. The summed E-state index contributed by atoms with van der Waals surface area (Å²) in [4.78, 5) is 32.2. The number of hydrogen-bond acceptors (Lipinski definition) is 4. The van der Waals surface area contributed by atoms with Crippen LogP contribution in [0.3, 0.4) is 0 Å². The minimum atomic E-state index is -0.478. The Labute approximate surface area is 215 Å². The first-order valence-electron chi connectivity index (χ1n) is 11.4. The third-order valence-electron chi connectivity index (χ3n) is 5.34. The SMILES string of the molecule is CCN(CC1CCN(C(=NC)NCc2cccc(NC(C)=O)c2)CC1)C(=O)OC(C)(C)C.I. The van der Waals surface area contributed by atoms with Gasteiger partial charge in [-0.05, 0) is 64.2 Å². The highest BCUT2D eigenvalue weighted by molar-refractivity contribution is 14.0. The van der Waals surface area contributed by atoms with Crippen molar-refractivity contribution in [2.45, 2.75) is 59.6 Å². The zero-order valence-corrected chi connectivity index (χ0v) is 23.1. The van der Waals surface area contributed by atoms with Crippen LogP contribution in [0.5, 0.6) is 0 Å². The number of anilines is 1. The second-order valence-electron chi connectivity index (χ2n) is 9.23. The van der Waals surface area contributed by atoms with Gasteiger partial charge in [0.15, 0.2) is 5.96 Å². The van der Waals surface area contributed by atoms with Crippen molar-refractivity contribution in [2.75, 3.05) is 38.5 Å². The molecule has 1 aromatic carbocycles. The Hall–Kier alpha value is -2.04. The summed E-state index contributed by atoms with van der Waals surface area (Å²) in [6.07, 6.45) is 1.76. The molecule has 0 spiro atoms. The predicted molar refractivity (Wildman–Crippen MR) is 144 cm³/mol. The van der Waals surface area contributed by atoms with E-state index in [0.29, 0.717) is 19.0 Å². The number of carbonyl (C=O) groups excluding carboxylic acids is 2. The van der Waals surface area contributed by atoms with Gasteiger partial charge in [-0.2, -0.15) is 0 Å². The molecule has 2 rings (SSSR count). The number of nitrogens with zero attached hydrogens (tertiary/aromatic N) is 3. The number of hydrogen-bond donors (Lipinski definition) is 2. The number of nitrogens with one attached hydrogen (secondary N) is 2. The monoisotopic (exact) mass is 573 g/mol. The molecule has 8 nitrogen and oxygen atoms in total. The van der Waals surface area contributed by atoms with Crippen molar-refractivity contribution in [1.29, 1.82) is 0 Å². The van der Waals surface area contributed by atoms with E-state index in [2.05, 4.69) is 20.5 Å². The van der Waals surface area contributed by atoms with Crippen molar-refractivity contribution >= 4 is 47.6 Å². The molecule has 33 heavy (non-hydrogen) atoms. The van der Waals surface area contributed by atoms with E-state index >= 15 is 0 Å². The molecule has 0 bridgehead atoms. The maximum absolute atomic E-state index is 12.4. The van der Waals surface area contributed by atoms with E-state index in [1.807, 2.05) is 52.0 Å². The van der Waals surface area contributed by atoms with Gasteiger partial charge in [-0.1, -0.05) is 12.1 Å². The average Bonchev–Trinajstić information content (AvgIpc) is 2.72. The van der Waals surface area contributed by atoms with Gasteiger partial charge in [0, 0.05) is 52.4 Å². The van der Waals surface area contributed by atoms with E-state index < -0.39 is 5.60 Å². The number of amides is 2. The lowest BCUT2D eigenvalue weighted by molar-refractivity contribution is -0.114. The zero-order valence-electron chi connectivity index (χ0n) is 20.8. The van der Waals surface area contributed by atoms with Crippen LogP contribution >= 0.6 is 24.0 Å². The molecule has 0 unspecified atom stereocenters. The van der Waals surface area contributed by atoms with Crippen LogP contribution in [0.15, 0.2) is 29.3 Å². The fourth-order valence-corrected chi connectivity index (χ4v) is 3.77. The molecule has 1 fully saturated rings. The van der Waals surface area contributed by atoms with Crippen molar-refractivity contribution < 1.29 is 14.3 Å². The van der Waals surface area contributed by atoms with Gasteiger partial charge in [-0.3, -0.25) is 9.79 Å². The molecular formula is C24H40IN5O3. The highest BCUT2D eigenvalue weighted by Gasteiger charge is 2.27. The lowest BCUT2D eigenvalue weighted by Gasteiger charge is -2.36. The molecule has 1 saturated heterocycles. The second-order valence-corrected chi connectivity index (χ2v) is 9.23. The Kier molecular flexibility index (Phi) is 12.0. The smallest absolute Gasteiger partial charge is 0.410 e. The summed E-state index contributed by atoms with van der Waals surface area (Å²) in [5.41, 5.74) is 1.38. The van der Waals surface area contributed by atoms with Crippen LogP contribution in [0, 0.1) is 5.92 Å². The zero-order chi connectivity index (χ0) is 23.7. The highest BCUT2D eigenvalue weighted by Crippen LogP contribution is 2.20. The van der Waals surface area contributed by atoms with Gasteiger partial charge in [0.1, 0.15) is 5.60 Å². The first-order valence-corrected chi connectivity index (χ1v) is 11.4. The van der Waals surface area contributed by atoms with Crippen molar-refractivity contribution in [3.05, 3.63) is 29.8 Å². The number of guanidine groups is 1. The number of rotatable bonds is 6. The molecule has 0 saturated carbocycles. The third kappa shape index (κ3) is 10.2. The Morgan fingerprint density at radius 2 is 1.91 bits per heavy atom. The first kappa shape index (κ1) is 29.0. The lowest BCUT2D eigenvalue weighted by Crippen LogP contribution is -2.47. The first-order chi connectivity index (χ1) is 15.1.